The van der Waals surface area contributed by atoms with Crippen LogP contribution < -0.4 is 5.32 Å². The highest BCUT2D eigenvalue weighted by Crippen LogP contribution is 2.42. The van der Waals surface area contributed by atoms with Gasteiger partial charge < -0.3 is 10.1 Å². The van der Waals surface area contributed by atoms with Gasteiger partial charge in [0.05, 0.1) is 17.8 Å². The van der Waals surface area contributed by atoms with E-state index in [1.165, 1.54) is 37.7 Å². The van der Waals surface area contributed by atoms with Crippen LogP contribution in [0.3, 0.4) is 0 Å². The number of hydrogen-bond donors (Lipinski definition) is 1. The van der Waals surface area contributed by atoms with E-state index in [1.54, 1.807) is 0 Å². The van der Waals surface area contributed by atoms with Gasteiger partial charge in [0.25, 0.3) is 0 Å². The second-order valence-electron chi connectivity index (χ2n) is 6.77. The molecule has 1 saturated heterocycles. The predicted octanol–water partition coefficient (Wildman–Crippen LogP) is 3.61. The van der Waals surface area contributed by atoms with E-state index in [1.807, 2.05) is 6.20 Å². The number of hydrogen-bond acceptors (Lipinski definition) is 3. The molecule has 0 amide bonds. The molecule has 1 aliphatic heterocycles. The maximum Gasteiger partial charge on any atom is 0.0703 e. The molecule has 1 N–H and O–H groups in total. The van der Waals surface area contributed by atoms with Gasteiger partial charge in [-0.2, -0.15) is 5.10 Å². The largest absolute Gasteiger partial charge is 0.375 e. The monoisotopic (exact) mass is 291 g/mol. The molecular formula is C17H29N3O. The van der Waals surface area contributed by atoms with E-state index < -0.39 is 0 Å². The third kappa shape index (κ3) is 3.32. The molecule has 1 aromatic rings. The molecule has 4 heteroatoms. The first-order valence-corrected chi connectivity index (χ1v) is 8.64. The lowest BCUT2D eigenvalue weighted by Gasteiger charge is -2.43. The minimum absolute atomic E-state index is 0.153. The van der Waals surface area contributed by atoms with Crippen LogP contribution in [-0.2, 0) is 4.74 Å². The third-order valence-electron chi connectivity index (χ3n) is 5.24. The molecular weight excluding hydrogens is 262 g/mol. The van der Waals surface area contributed by atoms with Gasteiger partial charge >= 0.3 is 0 Å². The van der Waals surface area contributed by atoms with Gasteiger partial charge in [-0.05, 0) is 39.2 Å². The van der Waals surface area contributed by atoms with Gasteiger partial charge in [0.1, 0.15) is 0 Å². The Labute approximate surface area is 128 Å². The zero-order valence-electron chi connectivity index (χ0n) is 13.5. The molecule has 2 atom stereocenters. The summed E-state index contributed by atoms with van der Waals surface area (Å²) in [5, 5.41) is 8.10. The van der Waals surface area contributed by atoms with Crippen molar-refractivity contribution in [1.29, 1.82) is 0 Å². The summed E-state index contributed by atoms with van der Waals surface area (Å²) in [7, 11) is 0. The molecule has 118 valence electrons. The molecule has 0 aromatic carbocycles. The van der Waals surface area contributed by atoms with Gasteiger partial charge in [-0.15, -0.1) is 0 Å². The summed E-state index contributed by atoms with van der Waals surface area (Å²) in [4.78, 5) is 0. The van der Waals surface area contributed by atoms with E-state index in [-0.39, 0.29) is 5.60 Å². The third-order valence-corrected chi connectivity index (χ3v) is 5.24. The van der Waals surface area contributed by atoms with Crippen LogP contribution in [-0.4, -0.2) is 28.5 Å². The minimum atomic E-state index is 0.153. The van der Waals surface area contributed by atoms with Crippen LogP contribution in [0.25, 0.3) is 0 Å². The molecule has 0 radical (unpaired) electrons. The van der Waals surface area contributed by atoms with Gasteiger partial charge in [-0.25, -0.2) is 0 Å². The van der Waals surface area contributed by atoms with Crippen molar-refractivity contribution < 1.29 is 4.74 Å². The van der Waals surface area contributed by atoms with Crippen LogP contribution in [0.15, 0.2) is 12.4 Å². The minimum Gasteiger partial charge on any atom is -0.375 e. The van der Waals surface area contributed by atoms with E-state index in [4.69, 9.17) is 4.74 Å². The first-order valence-electron chi connectivity index (χ1n) is 8.64. The average Bonchev–Trinajstić information content (AvgIpc) is 2.98. The van der Waals surface area contributed by atoms with Gasteiger partial charge in [0, 0.05) is 24.4 Å². The number of ether oxygens (including phenoxy) is 1. The summed E-state index contributed by atoms with van der Waals surface area (Å²) in [5.74, 6) is 0. The zero-order valence-corrected chi connectivity index (χ0v) is 13.5. The fraction of sp³-hybridized carbons (Fsp3) is 0.824. The van der Waals surface area contributed by atoms with Crippen molar-refractivity contribution in [3.05, 3.63) is 18.0 Å². The molecule has 1 spiro atoms. The van der Waals surface area contributed by atoms with E-state index >= 15 is 0 Å². The molecule has 1 aromatic heterocycles. The Balaban J connectivity index is 1.68. The normalized spacial score (nSPS) is 26.9. The average molecular weight is 291 g/mol. The van der Waals surface area contributed by atoms with E-state index in [2.05, 4.69) is 35.1 Å². The quantitative estimate of drug-likeness (QED) is 0.921. The Hall–Kier alpha value is -0.870. The smallest absolute Gasteiger partial charge is 0.0703 e. The molecule has 1 saturated carbocycles. The highest BCUT2D eigenvalue weighted by Gasteiger charge is 2.39. The molecule has 4 nitrogen and oxygen atoms in total. The Kier molecular flexibility index (Phi) is 4.65. The van der Waals surface area contributed by atoms with Gasteiger partial charge in [-0.1, -0.05) is 26.2 Å². The Morgan fingerprint density at radius 2 is 2.24 bits per heavy atom. The van der Waals surface area contributed by atoms with Crippen LogP contribution >= 0.6 is 0 Å². The Morgan fingerprint density at radius 1 is 1.43 bits per heavy atom. The molecule has 2 aliphatic rings. The molecule has 3 rings (SSSR count). The summed E-state index contributed by atoms with van der Waals surface area (Å²) in [5.41, 5.74) is 1.45. The lowest BCUT2D eigenvalue weighted by molar-refractivity contribution is -0.115. The number of nitrogens with zero attached hydrogens (tertiary/aromatic N) is 2. The molecule has 2 heterocycles. The van der Waals surface area contributed by atoms with Crippen molar-refractivity contribution in [3.8, 4) is 0 Å². The number of aromatic nitrogens is 2. The Bertz CT molecular complexity index is 445. The number of rotatable bonds is 4. The Morgan fingerprint density at radius 3 is 3.00 bits per heavy atom. The zero-order chi connectivity index (χ0) is 14.7. The SMILES string of the molecule is CCNC(C)c1cnn(C2CCOC3(CCCCC3)C2)c1. The maximum absolute atomic E-state index is 6.20. The highest BCUT2D eigenvalue weighted by molar-refractivity contribution is 5.10. The maximum atomic E-state index is 6.20. The summed E-state index contributed by atoms with van der Waals surface area (Å²) < 4.78 is 8.39. The van der Waals surface area contributed by atoms with Crippen molar-refractivity contribution in [3.63, 3.8) is 0 Å². The predicted molar refractivity (Wildman–Crippen MR) is 84.4 cm³/mol. The van der Waals surface area contributed by atoms with E-state index in [0.29, 0.717) is 12.1 Å². The van der Waals surface area contributed by atoms with Crippen LogP contribution in [0, 0.1) is 0 Å². The van der Waals surface area contributed by atoms with Crippen LogP contribution in [0.5, 0.6) is 0 Å². The lowest BCUT2D eigenvalue weighted by Crippen LogP contribution is -2.42. The fourth-order valence-electron chi connectivity index (χ4n) is 3.97. The van der Waals surface area contributed by atoms with Crippen LogP contribution in [0.2, 0.25) is 0 Å². The summed E-state index contributed by atoms with van der Waals surface area (Å²) in [6, 6.07) is 0.895. The van der Waals surface area contributed by atoms with Crippen molar-refractivity contribution in [1.82, 2.24) is 15.1 Å². The highest BCUT2D eigenvalue weighted by atomic mass is 16.5. The second-order valence-corrected chi connectivity index (χ2v) is 6.77. The van der Waals surface area contributed by atoms with Crippen LogP contribution in [0.4, 0.5) is 0 Å². The topological polar surface area (TPSA) is 39.1 Å². The van der Waals surface area contributed by atoms with Crippen molar-refractivity contribution in [2.24, 2.45) is 0 Å². The molecule has 2 fully saturated rings. The molecule has 21 heavy (non-hydrogen) atoms. The van der Waals surface area contributed by atoms with Crippen molar-refractivity contribution in [2.45, 2.75) is 76.5 Å². The van der Waals surface area contributed by atoms with Crippen molar-refractivity contribution in [2.75, 3.05) is 13.2 Å². The van der Waals surface area contributed by atoms with Gasteiger partial charge in [-0.3, -0.25) is 4.68 Å². The van der Waals surface area contributed by atoms with Gasteiger partial charge in [0.15, 0.2) is 0 Å². The van der Waals surface area contributed by atoms with E-state index in [0.717, 1.165) is 26.0 Å². The first kappa shape index (κ1) is 15.0. The molecule has 0 bridgehead atoms. The van der Waals surface area contributed by atoms with Crippen molar-refractivity contribution >= 4 is 0 Å². The lowest BCUT2D eigenvalue weighted by atomic mass is 9.78. The summed E-state index contributed by atoms with van der Waals surface area (Å²) >= 11 is 0. The standard InChI is InChI=1S/C17H29N3O/c1-3-18-14(2)15-12-19-20(13-15)16-7-10-21-17(11-16)8-5-4-6-9-17/h12-14,16,18H,3-11H2,1-2H3. The second kappa shape index (κ2) is 6.49. The molecule has 1 aliphatic carbocycles. The number of nitrogens with one attached hydrogen (secondary N) is 1. The summed E-state index contributed by atoms with van der Waals surface area (Å²) in [6.07, 6.45) is 13.0. The first-order chi connectivity index (χ1) is 10.2. The van der Waals surface area contributed by atoms with E-state index in [9.17, 15) is 0 Å². The van der Waals surface area contributed by atoms with Gasteiger partial charge in [0.2, 0.25) is 0 Å². The fourth-order valence-corrected chi connectivity index (χ4v) is 3.97. The van der Waals surface area contributed by atoms with Crippen LogP contribution in [0.1, 0.15) is 76.4 Å². The molecule has 2 unspecified atom stereocenters. The summed E-state index contributed by atoms with van der Waals surface area (Å²) in [6.45, 7) is 6.24.